The molecule has 0 unspecified atom stereocenters. The molecule has 2 N–H and O–H groups in total. The third-order valence-electron chi connectivity index (χ3n) is 3.42. The van der Waals surface area contributed by atoms with E-state index in [0.29, 0.717) is 17.3 Å². The van der Waals surface area contributed by atoms with Crippen molar-refractivity contribution in [3.8, 4) is 0 Å². The van der Waals surface area contributed by atoms with Crippen molar-refractivity contribution in [2.75, 3.05) is 18.5 Å². The molecule has 0 bridgehead atoms. The van der Waals surface area contributed by atoms with Crippen LogP contribution in [0, 0.1) is 11.2 Å². The minimum Gasteiger partial charge on any atom is -0.396 e. The fourth-order valence-electron chi connectivity index (χ4n) is 1.70. The lowest BCUT2D eigenvalue weighted by Crippen LogP contribution is -2.32. The van der Waals surface area contributed by atoms with Gasteiger partial charge in [0.2, 0.25) is 0 Å². The van der Waals surface area contributed by atoms with Crippen molar-refractivity contribution >= 4 is 17.3 Å². The Morgan fingerprint density at radius 1 is 1.35 bits per heavy atom. The average molecular weight is 260 g/mol. The molecule has 17 heavy (non-hydrogen) atoms. The minimum absolute atomic E-state index is 0.0994. The number of hydrogen-bond acceptors (Lipinski definition) is 2. The number of aliphatic hydroxyl groups is 1. The predicted octanol–water partition coefficient (Wildman–Crippen LogP) is 3.69. The van der Waals surface area contributed by atoms with Gasteiger partial charge in [-0.2, -0.15) is 0 Å². The van der Waals surface area contributed by atoms with Crippen LogP contribution in [0.1, 0.15) is 26.7 Å². The van der Waals surface area contributed by atoms with Crippen LogP contribution in [0.4, 0.5) is 10.1 Å². The fourth-order valence-corrected chi connectivity index (χ4v) is 1.85. The van der Waals surface area contributed by atoms with E-state index < -0.39 is 0 Å². The van der Waals surface area contributed by atoms with E-state index in [-0.39, 0.29) is 17.8 Å². The van der Waals surface area contributed by atoms with Crippen LogP contribution >= 0.6 is 11.6 Å². The van der Waals surface area contributed by atoms with Crippen molar-refractivity contribution in [3.63, 3.8) is 0 Å². The maximum Gasteiger partial charge on any atom is 0.147 e. The van der Waals surface area contributed by atoms with Crippen LogP contribution in [0.5, 0.6) is 0 Å². The van der Waals surface area contributed by atoms with Crippen LogP contribution in [-0.4, -0.2) is 18.3 Å². The lowest BCUT2D eigenvalue weighted by molar-refractivity contribution is 0.127. The van der Waals surface area contributed by atoms with E-state index in [1.54, 1.807) is 12.1 Å². The molecular formula is C13H19ClFNO. The standard InChI is InChI=1S/C13H19ClFNO/c1-3-13(4-2,9-17)8-16-12-6-5-10(14)7-11(12)15/h5-7,16-17H,3-4,8-9H2,1-2H3. The van der Waals surface area contributed by atoms with Crippen LogP contribution in [0.3, 0.4) is 0 Å². The molecule has 0 aliphatic heterocycles. The zero-order valence-corrected chi connectivity index (χ0v) is 11.0. The zero-order valence-electron chi connectivity index (χ0n) is 10.3. The highest BCUT2D eigenvalue weighted by Gasteiger charge is 2.25. The number of nitrogens with one attached hydrogen (secondary N) is 1. The van der Waals surface area contributed by atoms with Crippen LogP contribution in [0.25, 0.3) is 0 Å². The van der Waals surface area contributed by atoms with Crippen LogP contribution in [-0.2, 0) is 0 Å². The van der Waals surface area contributed by atoms with E-state index in [2.05, 4.69) is 5.32 Å². The number of rotatable bonds is 6. The summed E-state index contributed by atoms with van der Waals surface area (Å²) >= 11 is 5.68. The van der Waals surface area contributed by atoms with E-state index in [9.17, 15) is 9.50 Å². The molecule has 0 saturated carbocycles. The highest BCUT2D eigenvalue weighted by atomic mass is 35.5. The maximum atomic E-state index is 13.5. The Bertz CT molecular complexity index is 358. The zero-order chi connectivity index (χ0) is 12.9. The molecule has 0 aliphatic carbocycles. The van der Waals surface area contributed by atoms with Gasteiger partial charge in [-0.1, -0.05) is 25.4 Å². The normalized spacial score (nSPS) is 11.6. The summed E-state index contributed by atoms with van der Waals surface area (Å²) in [5.41, 5.74) is 0.237. The number of hydrogen-bond donors (Lipinski definition) is 2. The van der Waals surface area contributed by atoms with Gasteiger partial charge in [0.1, 0.15) is 5.82 Å². The van der Waals surface area contributed by atoms with Gasteiger partial charge in [0.05, 0.1) is 12.3 Å². The van der Waals surface area contributed by atoms with Crippen LogP contribution < -0.4 is 5.32 Å². The largest absolute Gasteiger partial charge is 0.396 e. The van der Waals surface area contributed by atoms with Gasteiger partial charge >= 0.3 is 0 Å². The number of aliphatic hydroxyl groups excluding tert-OH is 1. The van der Waals surface area contributed by atoms with Crippen molar-refractivity contribution in [2.45, 2.75) is 26.7 Å². The Balaban J connectivity index is 2.72. The second kappa shape index (κ2) is 6.22. The first-order valence-corrected chi connectivity index (χ1v) is 6.24. The molecule has 2 nitrogen and oxygen atoms in total. The van der Waals surface area contributed by atoms with E-state index in [1.807, 2.05) is 13.8 Å². The SMILES string of the molecule is CCC(CC)(CO)CNc1ccc(Cl)cc1F. The Kier molecular flexibility index (Phi) is 5.22. The van der Waals surface area contributed by atoms with E-state index in [1.165, 1.54) is 6.07 Å². The molecule has 4 heteroatoms. The van der Waals surface area contributed by atoms with Crippen molar-refractivity contribution in [3.05, 3.63) is 29.0 Å². The molecule has 1 aromatic rings. The molecule has 0 radical (unpaired) electrons. The smallest absolute Gasteiger partial charge is 0.147 e. The first kappa shape index (κ1) is 14.3. The first-order chi connectivity index (χ1) is 8.06. The van der Waals surface area contributed by atoms with Gasteiger partial charge < -0.3 is 10.4 Å². The molecule has 0 atom stereocenters. The first-order valence-electron chi connectivity index (χ1n) is 5.86. The summed E-state index contributed by atoms with van der Waals surface area (Å²) in [5, 5.41) is 12.8. The summed E-state index contributed by atoms with van der Waals surface area (Å²) in [6.07, 6.45) is 1.70. The topological polar surface area (TPSA) is 32.3 Å². The van der Waals surface area contributed by atoms with E-state index >= 15 is 0 Å². The molecular weight excluding hydrogens is 241 g/mol. The summed E-state index contributed by atoms with van der Waals surface area (Å²) in [6, 6.07) is 4.54. The molecule has 0 heterocycles. The van der Waals surface area contributed by atoms with Gasteiger partial charge in [-0.3, -0.25) is 0 Å². The van der Waals surface area contributed by atoms with Crippen molar-refractivity contribution < 1.29 is 9.50 Å². The third kappa shape index (κ3) is 3.58. The molecule has 1 rings (SSSR count). The molecule has 1 aromatic carbocycles. The molecule has 0 aromatic heterocycles. The van der Waals surface area contributed by atoms with Crippen molar-refractivity contribution in [2.24, 2.45) is 5.41 Å². The third-order valence-corrected chi connectivity index (χ3v) is 3.66. The molecule has 0 amide bonds. The Morgan fingerprint density at radius 3 is 2.47 bits per heavy atom. The monoisotopic (exact) mass is 259 g/mol. The highest BCUT2D eigenvalue weighted by molar-refractivity contribution is 6.30. The van der Waals surface area contributed by atoms with Gasteiger partial charge in [0.15, 0.2) is 0 Å². The second-order valence-electron chi connectivity index (χ2n) is 4.34. The maximum absolute atomic E-state index is 13.5. The van der Waals surface area contributed by atoms with Crippen molar-refractivity contribution in [1.29, 1.82) is 0 Å². The van der Waals surface area contributed by atoms with E-state index in [4.69, 9.17) is 11.6 Å². The van der Waals surface area contributed by atoms with Gasteiger partial charge in [0.25, 0.3) is 0 Å². The minimum atomic E-state index is -0.364. The van der Waals surface area contributed by atoms with Gasteiger partial charge in [-0.15, -0.1) is 0 Å². The summed E-state index contributed by atoms with van der Waals surface area (Å²) in [5.74, 6) is -0.364. The van der Waals surface area contributed by atoms with Crippen molar-refractivity contribution in [1.82, 2.24) is 0 Å². The molecule has 96 valence electrons. The Hall–Kier alpha value is -0.800. The lowest BCUT2D eigenvalue weighted by atomic mass is 9.83. The van der Waals surface area contributed by atoms with Gasteiger partial charge in [-0.25, -0.2) is 4.39 Å². The molecule has 0 aliphatic rings. The average Bonchev–Trinajstić information content (AvgIpc) is 2.33. The second-order valence-corrected chi connectivity index (χ2v) is 4.78. The lowest BCUT2D eigenvalue weighted by Gasteiger charge is -2.30. The van der Waals surface area contributed by atoms with Crippen LogP contribution in [0.15, 0.2) is 18.2 Å². The van der Waals surface area contributed by atoms with E-state index in [0.717, 1.165) is 12.8 Å². The number of anilines is 1. The fraction of sp³-hybridized carbons (Fsp3) is 0.538. The molecule has 0 saturated heterocycles. The summed E-state index contributed by atoms with van der Waals surface area (Å²) < 4.78 is 13.5. The summed E-state index contributed by atoms with van der Waals surface area (Å²) in [4.78, 5) is 0. The molecule has 0 fully saturated rings. The van der Waals surface area contributed by atoms with Gasteiger partial charge in [0, 0.05) is 17.0 Å². The number of halogens is 2. The highest BCUT2D eigenvalue weighted by Crippen LogP contribution is 2.27. The summed E-state index contributed by atoms with van der Waals surface area (Å²) in [6.45, 7) is 4.70. The quantitative estimate of drug-likeness (QED) is 0.817. The van der Waals surface area contributed by atoms with Crippen LogP contribution in [0.2, 0.25) is 5.02 Å². The Morgan fingerprint density at radius 2 is 2.00 bits per heavy atom. The Labute approximate surface area is 107 Å². The molecule has 0 spiro atoms. The predicted molar refractivity (Wildman–Crippen MR) is 70.0 cm³/mol. The van der Waals surface area contributed by atoms with Gasteiger partial charge in [-0.05, 0) is 31.0 Å². The number of benzene rings is 1. The summed E-state index contributed by atoms with van der Waals surface area (Å²) in [7, 11) is 0.